The molecule has 2 aromatic carbocycles. The molecule has 0 unspecified atom stereocenters. The Morgan fingerprint density at radius 3 is 2.72 bits per heavy atom. The van der Waals surface area contributed by atoms with E-state index in [9.17, 15) is 14.9 Å². The van der Waals surface area contributed by atoms with Gasteiger partial charge in [-0.1, -0.05) is 0 Å². The van der Waals surface area contributed by atoms with Crippen molar-refractivity contribution in [3.8, 4) is 17.1 Å². The van der Waals surface area contributed by atoms with Crippen molar-refractivity contribution < 1.29 is 9.72 Å². The van der Waals surface area contributed by atoms with Gasteiger partial charge >= 0.3 is 0 Å². The number of aromatic nitrogens is 4. The molecule has 0 aliphatic carbocycles. The summed E-state index contributed by atoms with van der Waals surface area (Å²) in [5, 5.41) is 14.3. The van der Waals surface area contributed by atoms with Crippen LogP contribution < -0.4 is 5.32 Å². The lowest BCUT2D eigenvalue weighted by atomic mass is 10.1. The Morgan fingerprint density at radius 2 is 1.97 bits per heavy atom. The first-order chi connectivity index (χ1) is 15.6. The SMILES string of the molecule is O=C(Nc1ccc(-c2ncc3n2CCCC3)cc1)c1ccc(-n2ccnc2)c([N+](=O)[O-])c1. The van der Waals surface area contributed by atoms with Crippen molar-refractivity contribution in [2.24, 2.45) is 0 Å². The second-order valence-electron chi connectivity index (χ2n) is 7.64. The predicted octanol–water partition coefficient (Wildman–Crippen LogP) is 4.23. The van der Waals surface area contributed by atoms with E-state index in [1.165, 1.54) is 35.3 Å². The monoisotopic (exact) mass is 428 g/mol. The van der Waals surface area contributed by atoms with Crippen molar-refractivity contribution >= 4 is 17.3 Å². The fraction of sp³-hybridized carbons (Fsp3) is 0.174. The molecule has 32 heavy (non-hydrogen) atoms. The van der Waals surface area contributed by atoms with Crippen molar-refractivity contribution in [1.29, 1.82) is 0 Å². The van der Waals surface area contributed by atoms with Crippen molar-refractivity contribution in [1.82, 2.24) is 19.1 Å². The van der Waals surface area contributed by atoms with E-state index in [-0.39, 0.29) is 11.3 Å². The molecule has 1 aliphatic heterocycles. The number of hydrogen-bond donors (Lipinski definition) is 1. The summed E-state index contributed by atoms with van der Waals surface area (Å²) in [4.78, 5) is 32.2. The minimum atomic E-state index is -0.508. The van der Waals surface area contributed by atoms with Gasteiger partial charge < -0.3 is 14.5 Å². The number of nitro benzene ring substituents is 1. The van der Waals surface area contributed by atoms with Crippen LogP contribution in [0.4, 0.5) is 11.4 Å². The van der Waals surface area contributed by atoms with Crippen molar-refractivity contribution in [3.05, 3.63) is 88.8 Å². The maximum absolute atomic E-state index is 12.7. The van der Waals surface area contributed by atoms with Crippen LogP contribution in [0.1, 0.15) is 28.9 Å². The van der Waals surface area contributed by atoms with Crippen LogP contribution in [0.2, 0.25) is 0 Å². The molecule has 0 atom stereocenters. The molecule has 5 rings (SSSR count). The van der Waals surface area contributed by atoms with Crippen molar-refractivity contribution in [2.75, 3.05) is 5.32 Å². The van der Waals surface area contributed by atoms with Gasteiger partial charge in [-0.25, -0.2) is 9.97 Å². The summed E-state index contributed by atoms with van der Waals surface area (Å²) in [5.74, 6) is 0.513. The third-order valence-corrected chi connectivity index (χ3v) is 5.62. The third-order valence-electron chi connectivity index (χ3n) is 5.62. The number of carbonyl (C=O) groups excluding carboxylic acids is 1. The molecule has 0 saturated carbocycles. The Bertz CT molecular complexity index is 1290. The Balaban J connectivity index is 1.36. The molecule has 4 aromatic rings. The highest BCUT2D eigenvalue weighted by atomic mass is 16.6. The number of imidazole rings is 2. The number of aryl methyl sites for hydroxylation is 1. The summed E-state index contributed by atoms with van der Waals surface area (Å²) in [6.07, 6.45) is 9.94. The van der Waals surface area contributed by atoms with Crippen LogP contribution in [0.3, 0.4) is 0 Å². The Morgan fingerprint density at radius 1 is 1.12 bits per heavy atom. The fourth-order valence-electron chi connectivity index (χ4n) is 4.00. The van der Waals surface area contributed by atoms with Gasteiger partial charge in [0.05, 0.1) is 11.3 Å². The van der Waals surface area contributed by atoms with E-state index in [0.717, 1.165) is 30.8 Å². The van der Waals surface area contributed by atoms with Crippen molar-refractivity contribution in [3.63, 3.8) is 0 Å². The zero-order valence-corrected chi connectivity index (χ0v) is 17.1. The molecule has 1 amide bonds. The molecule has 9 heteroatoms. The number of benzene rings is 2. The van der Waals surface area contributed by atoms with Gasteiger partial charge in [-0.15, -0.1) is 0 Å². The Kier molecular flexibility index (Phi) is 4.98. The molecule has 1 aliphatic rings. The van der Waals surface area contributed by atoms with Gasteiger partial charge in [0.2, 0.25) is 0 Å². The standard InChI is InChI=1S/C23H20N6O3/c30-23(17-6-9-20(21(13-17)29(31)32)27-12-10-24-15-27)26-18-7-4-16(5-8-18)22-25-14-19-3-1-2-11-28(19)22/h4-10,12-15H,1-3,11H2,(H,26,30). The highest BCUT2D eigenvalue weighted by molar-refractivity contribution is 6.05. The van der Waals surface area contributed by atoms with Gasteiger partial charge in [0, 0.05) is 53.7 Å². The summed E-state index contributed by atoms with van der Waals surface area (Å²) in [7, 11) is 0. The highest BCUT2D eigenvalue weighted by Crippen LogP contribution is 2.27. The van der Waals surface area contributed by atoms with Gasteiger partial charge in [-0.2, -0.15) is 0 Å². The molecule has 3 heterocycles. The molecule has 0 fully saturated rings. The lowest BCUT2D eigenvalue weighted by Crippen LogP contribution is -2.13. The van der Waals surface area contributed by atoms with E-state index < -0.39 is 10.8 Å². The first-order valence-corrected chi connectivity index (χ1v) is 10.3. The summed E-state index contributed by atoms with van der Waals surface area (Å²) in [5.41, 5.74) is 3.21. The maximum Gasteiger partial charge on any atom is 0.294 e. The maximum atomic E-state index is 12.7. The zero-order valence-electron chi connectivity index (χ0n) is 17.1. The van der Waals surface area contributed by atoms with Crippen LogP contribution in [0.5, 0.6) is 0 Å². The fourth-order valence-corrected chi connectivity index (χ4v) is 4.00. The van der Waals surface area contributed by atoms with Crippen molar-refractivity contribution in [2.45, 2.75) is 25.8 Å². The second-order valence-corrected chi connectivity index (χ2v) is 7.64. The van der Waals surface area contributed by atoms with E-state index >= 15 is 0 Å². The van der Waals surface area contributed by atoms with Crippen LogP contribution >= 0.6 is 0 Å². The number of nitro groups is 1. The summed E-state index contributed by atoms with van der Waals surface area (Å²) >= 11 is 0. The van der Waals surface area contributed by atoms with Gasteiger partial charge in [-0.05, 0) is 55.7 Å². The third kappa shape index (κ3) is 3.64. The number of nitrogens with one attached hydrogen (secondary N) is 1. The van der Waals surface area contributed by atoms with Gasteiger partial charge in [0.15, 0.2) is 0 Å². The minimum absolute atomic E-state index is 0.171. The molecule has 2 aromatic heterocycles. The van der Waals surface area contributed by atoms with Gasteiger partial charge in [0.25, 0.3) is 11.6 Å². The summed E-state index contributed by atoms with van der Waals surface area (Å²) in [6.45, 7) is 0.969. The molecule has 0 saturated heterocycles. The highest BCUT2D eigenvalue weighted by Gasteiger charge is 2.19. The number of hydrogen-bond acceptors (Lipinski definition) is 5. The summed E-state index contributed by atoms with van der Waals surface area (Å²) < 4.78 is 3.78. The molecule has 9 nitrogen and oxygen atoms in total. The van der Waals surface area contributed by atoms with Gasteiger partial charge in [-0.3, -0.25) is 14.9 Å². The van der Waals surface area contributed by atoms with Crippen LogP contribution in [0, 0.1) is 10.1 Å². The molecular weight excluding hydrogens is 408 g/mol. The molecule has 160 valence electrons. The number of rotatable bonds is 5. The van der Waals surface area contributed by atoms with E-state index in [2.05, 4.69) is 19.9 Å². The predicted molar refractivity (Wildman–Crippen MR) is 119 cm³/mol. The lowest BCUT2D eigenvalue weighted by Gasteiger charge is -2.16. The molecular formula is C23H20N6O3. The van der Waals surface area contributed by atoms with E-state index in [1.807, 2.05) is 30.5 Å². The van der Waals surface area contributed by atoms with Crippen LogP contribution in [0.25, 0.3) is 17.1 Å². The first-order valence-electron chi connectivity index (χ1n) is 10.3. The molecule has 0 bridgehead atoms. The normalized spacial score (nSPS) is 12.9. The quantitative estimate of drug-likeness (QED) is 0.378. The van der Waals surface area contributed by atoms with Crippen LogP contribution in [-0.4, -0.2) is 29.9 Å². The first kappa shape index (κ1) is 19.7. The second kappa shape index (κ2) is 8.10. The van der Waals surface area contributed by atoms with Gasteiger partial charge in [0.1, 0.15) is 11.5 Å². The Labute approximate surface area is 183 Å². The number of anilines is 1. The topological polar surface area (TPSA) is 108 Å². The molecule has 0 radical (unpaired) electrons. The van der Waals surface area contributed by atoms with Crippen LogP contribution in [-0.2, 0) is 13.0 Å². The summed E-state index contributed by atoms with van der Waals surface area (Å²) in [6, 6.07) is 11.8. The number of carbonyl (C=O) groups is 1. The lowest BCUT2D eigenvalue weighted by molar-refractivity contribution is -0.384. The smallest absolute Gasteiger partial charge is 0.294 e. The van der Waals surface area contributed by atoms with E-state index in [4.69, 9.17) is 0 Å². The van der Waals surface area contributed by atoms with E-state index in [1.54, 1.807) is 18.3 Å². The zero-order chi connectivity index (χ0) is 22.1. The van der Waals surface area contributed by atoms with Crippen LogP contribution in [0.15, 0.2) is 67.4 Å². The minimum Gasteiger partial charge on any atom is -0.328 e. The number of fused-ring (bicyclic) bond motifs is 1. The number of amides is 1. The van der Waals surface area contributed by atoms with E-state index in [0.29, 0.717) is 11.4 Å². The molecule has 1 N–H and O–H groups in total. The largest absolute Gasteiger partial charge is 0.328 e. The Hall–Kier alpha value is -4.27. The average Bonchev–Trinajstić information content (AvgIpc) is 3.49. The number of nitrogens with zero attached hydrogens (tertiary/aromatic N) is 5. The average molecular weight is 428 g/mol. The molecule has 0 spiro atoms.